The molecule has 0 bridgehead atoms. The van der Waals surface area contributed by atoms with Gasteiger partial charge in [0, 0.05) is 37.4 Å². The van der Waals surface area contributed by atoms with Gasteiger partial charge in [-0.15, -0.1) is 0 Å². The van der Waals surface area contributed by atoms with Crippen LogP contribution >= 0.6 is 0 Å². The first-order valence-electron chi connectivity index (χ1n) is 7.21. The highest BCUT2D eigenvalue weighted by atomic mass is 16.5. The number of nitrogens with two attached hydrogens (primary N) is 1. The lowest BCUT2D eigenvalue weighted by Gasteiger charge is -2.29. The number of hydrogen-bond acceptors (Lipinski definition) is 5. The molecule has 6 nitrogen and oxygen atoms in total. The number of carbonyl (C=O) groups is 1. The number of morpholine rings is 1. The molecule has 3 N–H and O–H groups in total. The zero-order valence-corrected chi connectivity index (χ0v) is 12.4. The average Bonchev–Trinajstić information content (AvgIpc) is 2.46. The van der Waals surface area contributed by atoms with Gasteiger partial charge in [0.25, 0.3) is 5.91 Å². The summed E-state index contributed by atoms with van der Waals surface area (Å²) >= 11 is 0. The quantitative estimate of drug-likeness (QED) is 0.746. The Bertz CT molecular complexity index is 461. The first kappa shape index (κ1) is 15.6. The van der Waals surface area contributed by atoms with Crippen molar-refractivity contribution in [2.75, 3.05) is 45.2 Å². The molecule has 1 aromatic rings. The predicted octanol–water partition coefficient (Wildman–Crippen LogP) is 0.485. The predicted molar refractivity (Wildman–Crippen MR) is 81.2 cm³/mol. The van der Waals surface area contributed by atoms with Crippen molar-refractivity contribution in [3.63, 3.8) is 0 Å². The maximum Gasteiger partial charge on any atom is 0.258 e. The van der Waals surface area contributed by atoms with Crippen LogP contribution in [0.1, 0.15) is 6.92 Å². The monoisotopic (exact) mass is 293 g/mol. The summed E-state index contributed by atoms with van der Waals surface area (Å²) in [7, 11) is 0. The fourth-order valence-corrected chi connectivity index (χ4v) is 2.29. The minimum atomic E-state index is -0.127. The zero-order chi connectivity index (χ0) is 15.1. The molecule has 2 rings (SSSR count). The van der Waals surface area contributed by atoms with Crippen molar-refractivity contribution in [1.29, 1.82) is 0 Å². The van der Waals surface area contributed by atoms with E-state index in [1.54, 1.807) is 24.3 Å². The molecule has 116 valence electrons. The van der Waals surface area contributed by atoms with E-state index < -0.39 is 0 Å². The molecule has 1 unspecified atom stereocenters. The molecular formula is C15H23N3O3. The number of nitrogens with one attached hydrogen (secondary N) is 1. The summed E-state index contributed by atoms with van der Waals surface area (Å²) in [4.78, 5) is 14.1. The number of amides is 1. The number of rotatable bonds is 6. The van der Waals surface area contributed by atoms with Gasteiger partial charge in [0.15, 0.2) is 6.61 Å². The summed E-state index contributed by atoms with van der Waals surface area (Å²) < 4.78 is 10.7. The molecule has 0 spiro atoms. The van der Waals surface area contributed by atoms with Crippen molar-refractivity contribution in [2.24, 2.45) is 0 Å². The Balaban J connectivity index is 1.68. The molecule has 1 heterocycles. The van der Waals surface area contributed by atoms with Crippen molar-refractivity contribution >= 4 is 11.6 Å². The van der Waals surface area contributed by atoms with E-state index in [2.05, 4.69) is 10.2 Å². The molecule has 1 aromatic carbocycles. The molecule has 1 atom stereocenters. The second-order valence-electron chi connectivity index (χ2n) is 5.24. The van der Waals surface area contributed by atoms with Gasteiger partial charge in [-0.25, -0.2) is 0 Å². The first-order chi connectivity index (χ1) is 10.1. The summed E-state index contributed by atoms with van der Waals surface area (Å²) in [6.07, 6.45) is 0. The minimum absolute atomic E-state index is 0.00307. The van der Waals surface area contributed by atoms with E-state index in [1.807, 2.05) is 6.92 Å². The molecule has 1 saturated heterocycles. The van der Waals surface area contributed by atoms with Gasteiger partial charge in [-0.05, 0) is 19.1 Å². The number of anilines is 1. The standard InChI is InChI=1S/C15H23N3O3/c1-12(10-18-5-7-20-8-6-18)17-15(19)11-21-14-4-2-3-13(16)9-14/h2-4,9,12H,5-8,10-11,16H2,1H3,(H,17,19). The van der Waals surface area contributed by atoms with E-state index in [0.717, 1.165) is 32.8 Å². The van der Waals surface area contributed by atoms with Gasteiger partial charge >= 0.3 is 0 Å². The van der Waals surface area contributed by atoms with E-state index in [0.29, 0.717) is 11.4 Å². The van der Waals surface area contributed by atoms with Crippen molar-refractivity contribution in [1.82, 2.24) is 10.2 Å². The van der Waals surface area contributed by atoms with Crippen LogP contribution in [0.4, 0.5) is 5.69 Å². The van der Waals surface area contributed by atoms with Crippen molar-refractivity contribution in [3.8, 4) is 5.75 Å². The number of ether oxygens (including phenoxy) is 2. The molecule has 6 heteroatoms. The highest BCUT2D eigenvalue weighted by molar-refractivity contribution is 5.77. The number of benzene rings is 1. The number of hydrogen-bond donors (Lipinski definition) is 2. The third kappa shape index (κ3) is 5.61. The van der Waals surface area contributed by atoms with E-state index in [4.69, 9.17) is 15.2 Å². The smallest absolute Gasteiger partial charge is 0.258 e. The van der Waals surface area contributed by atoms with Crippen LogP contribution in [0.15, 0.2) is 24.3 Å². The van der Waals surface area contributed by atoms with Gasteiger partial charge in [-0.3, -0.25) is 9.69 Å². The largest absolute Gasteiger partial charge is 0.484 e. The minimum Gasteiger partial charge on any atom is -0.484 e. The molecule has 1 aliphatic rings. The number of nitrogen functional groups attached to an aromatic ring is 1. The van der Waals surface area contributed by atoms with Gasteiger partial charge in [0.05, 0.1) is 13.2 Å². The normalized spacial score (nSPS) is 17.2. The molecule has 1 amide bonds. The summed E-state index contributed by atoms with van der Waals surface area (Å²) in [6, 6.07) is 7.13. The van der Waals surface area contributed by atoms with Gasteiger partial charge in [0.1, 0.15) is 5.75 Å². The summed E-state index contributed by atoms with van der Waals surface area (Å²) in [5.74, 6) is 0.476. The third-order valence-corrected chi connectivity index (χ3v) is 3.27. The van der Waals surface area contributed by atoms with Crippen LogP contribution in [-0.4, -0.2) is 56.3 Å². The maximum absolute atomic E-state index is 11.8. The van der Waals surface area contributed by atoms with Gasteiger partial charge in [-0.2, -0.15) is 0 Å². The molecule has 0 aromatic heterocycles. The second kappa shape index (κ2) is 7.85. The lowest BCUT2D eigenvalue weighted by Crippen LogP contribution is -2.46. The molecule has 0 radical (unpaired) electrons. The number of carbonyl (C=O) groups excluding carboxylic acids is 1. The van der Waals surface area contributed by atoms with Crippen molar-refractivity contribution in [3.05, 3.63) is 24.3 Å². The third-order valence-electron chi connectivity index (χ3n) is 3.27. The van der Waals surface area contributed by atoms with Crippen molar-refractivity contribution in [2.45, 2.75) is 13.0 Å². The molecular weight excluding hydrogens is 270 g/mol. The highest BCUT2D eigenvalue weighted by Crippen LogP contribution is 2.14. The highest BCUT2D eigenvalue weighted by Gasteiger charge is 2.15. The lowest BCUT2D eigenvalue weighted by molar-refractivity contribution is -0.123. The van der Waals surface area contributed by atoms with Crippen LogP contribution in [0.25, 0.3) is 0 Å². The van der Waals surface area contributed by atoms with Crippen LogP contribution in [0.5, 0.6) is 5.75 Å². The van der Waals surface area contributed by atoms with Crippen LogP contribution in [-0.2, 0) is 9.53 Å². The fraction of sp³-hybridized carbons (Fsp3) is 0.533. The summed E-state index contributed by atoms with van der Waals surface area (Å²) in [6.45, 7) is 6.18. The van der Waals surface area contributed by atoms with Crippen LogP contribution < -0.4 is 15.8 Å². The Morgan fingerprint density at radius 1 is 1.48 bits per heavy atom. The van der Waals surface area contributed by atoms with Crippen LogP contribution in [0.3, 0.4) is 0 Å². The SMILES string of the molecule is CC(CN1CCOCC1)NC(=O)COc1cccc(N)c1. The van der Waals surface area contributed by atoms with Crippen molar-refractivity contribution < 1.29 is 14.3 Å². The first-order valence-corrected chi connectivity index (χ1v) is 7.21. The van der Waals surface area contributed by atoms with Crippen LogP contribution in [0.2, 0.25) is 0 Å². The van der Waals surface area contributed by atoms with E-state index in [9.17, 15) is 4.79 Å². The molecule has 0 aliphatic carbocycles. The second-order valence-corrected chi connectivity index (χ2v) is 5.24. The lowest BCUT2D eigenvalue weighted by atomic mass is 10.3. The Labute approximate surface area is 125 Å². The zero-order valence-electron chi connectivity index (χ0n) is 12.4. The maximum atomic E-state index is 11.8. The van der Waals surface area contributed by atoms with E-state index in [1.165, 1.54) is 0 Å². The Morgan fingerprint density at radius 2 is 2.24 bits per heavy atom. The molecule has 1 aliphatic heterocycles. The van der Waals surface area contributed by atoms with Gasteiger partial charge in [-0.1, -0.05) is 6.07 Å². The van der Waals surface area contributed by atoms with E-state index >= 15 is 0 Å². The van der Waals surface area contributed by atoms with E-state index in [-0.39, 0.29) is 18.6 Å². The fourth-order valence-electron chi connectivity index (χ4n) is 2.29. The Morgan fingerprint density at radius 3 is 2.95 bits per heavy atom. The molecule has 21 heavy (non-hydrogen) atoms. The number of nitrogens with zero attached hydrogens (tertiary/aromatic N) is 1. The van der Waals surface area contributed by atoms with Gasteiger partial charge in [0.2, 0.25) is 0 Å². The topological polar surface area (TPSA) is 76.8 Å². The average molecular weight is 293 g/mol. The molecule has 0 saturated carbocycles. The summed E-state index contributed by atoms with van der Waals surface area (Å²) in [5.41, 5.74) is 6.27. The summed E-state index contributed by atoms with van der Waals surface area (Å²) in [5, 5.41) is 2.93. The Hall–Kier alpha value is -1.79. The molecule has 1 fully saturated rings. The Kier molecular flexibility index (Phi) is 5.83. The van der Waals surface area contributed by atoms with Gasteiger partial charge < -0.3 is 20.5 Å². The van der Waals surface area contributed by atoms with Crippen LogP contribution in [0, 0.1) is 0 Å².